The lowest BCUT2D eigenvalue weighted by atomic mass is 10.1. The Labute approximate surface area is 208 Å². The average molecular weight is 480 g/mol. The average Bonchev–Trinajstić information content (AvgIpc) is 3.32. The second kappa shape index (κ2) is 13.8. The first-order valence-corrected chi connectivity index (χ1v) is 12.6. The topological polar surface area (TPSA) is 48.7 Å². The van der Waals surface area contributed by atoms with Crippen LogP contribution in [0.3, 0.4) is 0 Å². The summed E-state index contributed by atoms with van der Waals surface area (Å²) in [6.45, 7) is 11.0. The molecule has 0 radical (unpaired) electrons. The van der Waals surface area contributed by atoms with Gasteiger partial charge < -0.3 is 14.6 Å². The van der Waals surface area contributed by atoms with Gasteiger partial charge in [-0.05, 0) is 63.2 Å². The van der Waals surface area contributed by atoms with Crippen LogP contribution in [0.5, 0.6) is 0 Å². The molecule has 1 heterocycles. The smallest absolute Gasteiger partial charge is 0.287 e. The molecule has 2 aromatic carbocycles. The SMILES string of the molecule is CCN(CC)CCCC(C)NC(=O)c1ccc(CN(Cc2ccccc2)Cc2ccccc2F)o1. The van der Waals surface area contributed by atoms with E-state index in [0.29, 0.717) is 36.7 Å². The Morgan fingerprint density at radius 3 is 2.34 bits per heavy atom. The van der Waals surface area contributed by atoms with E-state index >= 15 is 0 Å². The summed E-state index contributed by atoms with van der Waals surface area (Å²) in [6.07, 6.45) is 1.96. The Hall–Kier alpha value is -2.96. The highest BCUT2D eigenvalue weighted by molar-refractivity contribution is 5.91. The first-order valence-electron chi connectivity index (χ1n) is 12.6. The molecule has 3 rings (SSSR count). The Bertz CT molecular complexity index is 1030. The van der Waals surface area contributed by atoms with E-state index in [9.17, 15) is 9.18 Å². The number of nitrogens with zero attached hydrogens (tertiary/aromatic N) is 2. The van der Waals surface area contributed by atoms with Crippen LogP contribution in [0.2, 0.25) is 0 Å². The van der Waals surface area contributed by atoms with E-state index in [4.69, 9.17) is 4.42 Å². The molecule has 0 bridgehead atoms. The number of amides is 1. The van der Waals surface area contributed by atoms with Crippen molar-refractivity contribution in [1.29, 1.82) is 0 Å². The number of hydrogen-bond donors (Lipinski definition) is 1. The van der Waals surface area contributed by atoms with Gasteiger partial charge in [-0.1, -0.05) is 62.4 Å². The van der Waals surface area contributed by atoms with Crippen molar-refractivity contribution in [3.8, 4) is 0 Å². The number of benzene rings is 2. The molecule has 1 atom stereocenters. The van der Waals surface area contributed by atoms with Gasteiger partial charge in [-0.3, -0.25) is 9.69 Å². The fourth-order valence-corrected chi connectivity index (χ4v) is 4.21. The van der Waals surface area contributed by atoms with Crippen molar-refractivity contribution in [2.75, 3.05) is 19.6 Å². The summed E-state index contributed by atoms with van der Waals surface area (Å²) in [5.74, 6) is 0.563. The predicted octanol–water partition coefficient (Wildman–Crippen LogP) is 5.86. The monoisotopic (exact) mass is 479 g/mol. The lowest BCUT2D eigenvalue weighted by Gasteiger charge is -2.22. The lowest BCUT2D eigenvalue weighted by molar-refractivity contribution is 0.0904. The highest BCUT2D eigenvalue weighted by atomic mass is 19.1. The molecule has 1 amide bonds. The quantitative estimate of drug-likeness (QED) is 0.315. The van der Waals surface area contributed by atoms with Gasteiger partial charge in [0.2, 0.25) is 0 Å². The molecule has 1 N–H and O–H groups in total. The molecule has 5 nitrogen and oxygen atoms in total. The molecule has 3 aromatic rings. The van der Waals surface area contributed by atoms with E-state index < -0.39 is 0 Å². The number of halogens is 1. The summed E-state index contributed by atoms with van der Waals surface area (Å²) in [5.41, 5.74) is 1.76. The van der Waals surface area contributed by atoms with E-state index in [1.165, 1.54) is 6.07 Å². The Kier molecular flexibility index (Phi) is 10.5. The van der Waals surface area contributed by atoms with Crippen LogP contribution in [0.4, 0.5) is 4.39 Å². The summed E-state index contributed by atoms with van der Waals surface area (Å²) in [4.78, 5) is 17.2. The molecule has 0 spiro atoms. The number of nitrogens with one attached hydrogen (secondary N) is 1. The number of rotatable bonds is 14. The number of carbonyl (C=O) groups is 1. The molecular weight excluding hydrogens is 441 g/mol. The maximum Gasteiger partial charge on any atom is 0.287 e. The molecule has 0 saturated heterocycles. The molecule has 1 unspecified atom stereocenters. The van der Waals surface area contributed by atoms with Crippen molar-refractivity contribution >= 4 is 5.91 Å². The van der Waals surface area contributed by atoms with Crippen molar-refractivity contribution in [1.82, 2.24) is 15.1 Å². The predicted molar refractivity (Wildman–Crippen MR) is 138 cm³/mol. The number of carbonyl (C=O) groups excluding carboxylic acids is 1. The molecule has 0 aliphatic heterocycles. The van der Waals surface area contributed by atoms with Crippen LogP contribution < -0.4 is 5.32 Å². The van der Waals surface area contributed by atoms with Crippen LogP contribution in [0.1, 0.15) is 61.1 Å². The maximum atomic E-state index is 14.3. The van der Waals surface area contributed by atoms with Crippen LogP contribution >= 0.6 is 0 Å². The van der Waals surface area contributed by atoms with Gasteiger partial charge in [-0.25, -0.2) is 4.39 Å². The molecule has 6 heteroatoms. The third-order valence-corrected chi connectivity index (χ3v) is 6.25. The van der Waals surface area contributed by atoms with E-state index in [-0.39, 0.29) is 17.8 Å². The van der Waals surface area contributed by atoms with Crippen molar-refractivity contribution in [2.45, 2.75) is 59.3 Å². The fraction of sp³-hybridized carbons (Fsp3) is 0.414. The minimum atomic E-state index is -0.222. The molecular formula is C29H38FN3O2. The highest BCUT2D eigenvalue weighted by Gasteiger charge is 2.17. The zero-order valence-electron chi connectivity index (χ0n) is 21.2. The van der Waals surface area contributed by atoms with E-state index in [1.54, 1.807) is 18.2 Å². The zero-order chi connectivity index (χ0) is 25.0. The fourth-order valence-electron chi connectivity index (χ4n) is 4.21. The minimum Gasteiger partial charge on any atom is -0.455 e. The molecule has 1 aromatic heterocycles. The number of furan rings is 1. The number of hydrogen-bond acceptors (Lipinski definition) is 4. The molecule has 35 heavy (non-hydrogen) atoms. The summed E-state index contributed by atoms with van der Waals surface area (Å²) in [6, 6.07) is 20.5. The normalized spacial score (nSPS) is 12.3. The van der Waals surface area contributed by atoms with E-state index in [1.807, 2.05) is 37.3 Å². The van der Waals surface area contributed by atoms with Crippen LogP contribution in [-0.2, 0) is 19.6 Å². The van der Waals surface area contributed by atoms with Gasteiger partial charge in [0.25, 0.3) is 5.91 Å². The zero-order valence-corrected chi connectivity index (χ0v) is 21.2. The second-order valence-electron chi connectivity index (χ2n) is 9.03. The van der Waals surface area contributed by atoms with Crippen LogP contribution in [0, 0.1) is 5.82 Å². The van der Waals surface area contributed by atoms with E-state index in [2.05, 4.69) is 41.1 Å². The second-order valence-corrected chi connectivity index (χ2v) is 9.03. The highest BCUT2D eigenvalue weighted by Crippen LogP contribution is 2.18. The lowest BCUT2D eigenvalue weighted by Crippen LogP contribution is -2.33. The van der Waals surface area contributed by atoms with Crippen LogP contribution in [0.25, 0.3) is 0 Å². The van der Waals surface area contributed by atoms with Crippen LogP contribution in [-0.4, -0.2) is 41.4 Å². The molecule has 0 aliphatic carbocycles. The van der Waals surface area contributed by atoms with Crippen molar-refractivity contribution in [3.05, 3.63) is 95.2 Å². The Balaban J connectivity index is 1.60. The van der Waals surface area contributed by atoms with Gasteiger partial charge in [-0.15, -0.1) is 0 Å². The molecule has 0 fully saturated rings. The van der Waals surface area contributed by atoms with Crippen molar-refractivity contribution in [2.24, 2.45) is 0 Å². The van der Waals surface area contributed by atoms with E-state index in [0.717, 1.165) is 38.0 Å². The third-order valence-electron chi connectivity index (χ3n) is 6.25. The third kappa shape index (κ3) is 8.64. The minimum absolute atomic E-state index is 0.0715. The molecule has 0 aliphatic rings. The summed E-state index contributed by atoms with van der Waals surface area (Å²) in [5, 5.41) is 3.05. The summed E-state index contributed by atoms with van der Waals surface area (Å²) < 4.78 is 20.2. The van der Waals surface area contributed by atoms with Gasteiger partial charge in [0.05, 0.1) is 6.54 Å². The Morgan fingerprint density at radius 2 is 1.63 bits per heavy atom. The van der Waals surface area contributed by atoms with Gasteiger partial charge in [0.1, 0.15) is 11.6 Å². The molecule has 188 valence electrons. The van der Waals surface area contributed by atoms with Crippen LogP contribution in [0.15, 0.2) is 71.1 Å². The maximum absolute atomic E-state index is 14.3. The van der Waals surface area contributed by atoms with Gasteiger partial charge in [0.15, 0.2) is 5.76 Å². The van der Waals surface area contributed by atoms with Crippen molar-refractivity contribution < 1.29 is 13.6 Å². The van der Waals surface area contributed by atoms with Gasteiger partial charge in [-0.2, -0.15) is 0 Å². The first-order chi connectivity index (χ1) is 17.0. The first kappa shape index (κ1) is 26.6. The molecule has 0 saturated carbocycles. The standard InChI is InChI=1S/C29H38FN3O2/c1-4-32(5-2)19-11-12-23(3)31-29(34)28-18-17-26(35-28)22-33(20-24-13-7-6-8-14-24)21-25-15-9-10-16-27(25)30/h6-10,13-18,23H,4-5,11-12,19-22H2,1-3H3,(H,31,34). The summed E-state index contributed by atoms with van der Waals surface area (Å²) >= 11 is 0. The van der Waals surface area contributed by atoms with Crippen molar-refractivity contribution in [3.63, 3.8) is 0 Å². The summed E-state index contributed by atoms with van der Waals surface area (Å²) in [7, 11) is 0. The largest absolute Gasteiger partial charge is 0.455 e. The van der Waals surface area contributed by atoms with Gasteiger partial charge >= 0.3 is 0 Å². The van der Waals surface area contributed by atoms with Gasteiger partial charge in [0, 0.05) is 24.7 Å². The Morgan fingerprint density at radius 1 is 0.914 bits per heavy atom.